The van der Waals surface area contributed by atoms with Crippen molar-refractivity contribution < 1.29 is 67.7 Å². The number of amides is 12. The molecule has 0 aromatic heterocycles. The molecule has 10 atom stereocenters. The Morgan fingerprint density at radius 2 is 0.548 bits per heavy atom. The van der Waals surface area contributed by atoms with Crippen molar-refractivity contribution >= 4 is 70.9 Å². The van der Waals surface area contributed by atoms with Gasteiger partial charge in [-0.1, -0.05) is 267 Å². The molecule has 0 saturated carbocycles. The van der Waals surface area contributed by atoms with Crippen LogP contribution in [0.3, 0.4) is 0 Å². The Bertz CT molecular complexity index is 4840. The van der Waals surface area contributed by atoms with E-state index in [4.69, 9.17) is 0 Å². The lowest BCUT2D eigenvalue weighted by atomic mass is 9.77. The molecule has 10 aromatic rings. The van der Waals surface area contributed by atoms with E-state index in [0.717, 1.165) is 33.4 Å². The van der Waals surface area contributed by atoms with Gasteiger partial charge in [-0.25, -0.2) is 0 Å². The number of rotatable bonds is 36. The van der Waals surface area contributed by atoms with E-state index in [0.29, 0.717) is 22.3 Å². The quantitative estimate of drug-likeness (QED) is 0.0172. The molecule has 0 unspecified atom stereocenters. The maximum absolute atomic E-state index is 15.3. The summed E-state index contributed by atoms with van der Waals surface area (Å²) in [5, 5.41) is 50.0. The lowest BCUT2D eigenvalue weighted by Crippen LogP contribution is -2.60. The molecule has 13 rings (SSSR count). The molecule has 10 aromatic carbocycles. The summed E-state index contributed by atoms with van der Waals surface area (Å²) in [6.07, 6.45) is -1.80. The second-order valence-corrected chi connectivity index (χ2v) is 31.6. The first-order chi connectivity index (χ1) is 60.0. The summed E-state index contributed by atoms with van der Waals surface area (Å²) < 4.78 is 0. The Morgan fingerprint density at radius 1 is 0.315 bits per heavy atom. The predicted octanol–water partition coefficient (Wildman–Crippen LogP) is 7.28. The largest absolute Gasteiger partial charge is 0.508 e. The van der Waals surface area contributed by atoms with Crippen LogP contribution < -0.4 is 53.2 Å². The number of hydrogen-bond acceptors (Lipinski definition) is 14. The third kappa shape index (κ3) is 21.6. The first kappa shape index (κ1) is 87.3. The summed E-state index contributed by atoms with van der Waals surface area (Å²) in [6, 6.07) is 73.8. The van der Waals surface area contributed by atoms with Crippen molar-refractivity contribution in [2.24, 2.45) is 0 Å². The molecule has 3 aliphatic heterocycles. The van der Waals surface area contributed by atoms with Gasteiger partial charge in [0.15, 0.2) is 0 Å². The van der Waals surface area contributed by atoms with E-state index in [-0.39, 0.29) is 88.8 Å². The standard InChI is InChI=1S/C98H100N12O14/c1-63(111)99-81(55-65-27-11-3-12-28-65)93(121)103-79(51-53-87(115)107-97(69-31-15-5-16-32-69,70-33-17-6-18-34-70)71-35-19-7-20-36-71)89(117)105-83(57-67-43-47-77(113)48-44-67)91(119)101-75-59-85-95(123)110-62-76(60-86(110)96(124)109(85)61-75)102-92(120)84(58-68-45-49-78(114)50-46-68)106-90(118)80(104-94(122)82(100-64(2)112)56-66-29-13-4-14-30-66)52-54-88(116)108-98(72-37-21-8-22-38-72,73-39-23-9-24-40-73)74-41-25-10-26-42-74/h3-50,75-76,79-86,113-114H,51-62H2,1-2H3,(H,99,111)(H,100,112)(H,101,119)(H,102,120)(H,103,121)(H,104,122)(H,105,117)(H,106,118)(H,107,115)(H,108,116)/t75-,76-,79-,80-,81-,82-,83-,84-,85+,86+/m0/s1. The van der Waals surface area contributed by atoms with Gasteiger partial charge in [0.25, 0.3) is 0 Å². The van der Waals surface area contributed by atoms with Gasteiger partial charge in [0.05, 0.1) is 0 Å². The van der Waals surface area contributed by atoms with Gasteiger partial charge in [0, 0.05) is 77.5 Å². The second kappa shape index (κ2) is 40.7. The van der Waals surface area contributed by atoms with Crippen LogP contribution in [0.5, 0.6) is 11.5 Å². The van der Waals surface area contributed by atoms with Gasteiger partial charge in [0.1, 0.15) is 70.9 Å². The van der Waals surface area contributed by atoms with Crippen LogP contribution in [0.4, 0.5) is 0 Å². The van der Waals surface area contributed by atoms with Crippen LogP contribution in [0.25, 0.3) is 0 Å². The number of hydrogen-bond donors (Lipinski definition) is 12. The van der Waals surface area contributed by atoms with Crippen LogP contribution in [0.15, 0.2) is 291 Å². The van der Waals surface area contributed by atoms with Crippen molar-refractivity contribution in [1.29, 1.82) is 0 Å². The van der Waals surface area contributed by atoms with Crippen LogP contribution in [-0.2, 0) is 94.3 Å². The average Bonchev–Trinajstić information content (AvgIpc) is 1.55. The lowest BCUT2D eigenvalue weighted by Gasteiger charge is -2.38. The topological polar surface area (TPSA) is 372 Å². The smallest absolute Gasteiger partial charge is 0.246 e. The Balaban J connectivity index is 0.717. The van der Waals surface area contributed by atoms with E-state index >= 15 is 19.2 Å². The molecular formula is C98H100N12O14. The molecule has 0 bridgehead atoms. The van der Waals surface area contributed by atoms with Gasteiger partial charge in [-0.05, 0) is 106 Å². The van der Waals surface area contributed by atoms with E-state index in [1.807, 2.05) is 182 Å². The van der Waals surface area contributed by atoms with Gasteiger partial charge in [-0.15, -0.1) is 0 Å². The fourth-order valence-electron chi connectivity index (χ4n) is 16.9. The van der Waals surface area contributed by atoms with Crippen molar-refractivity contribution in [3.63, 3.8) is 0 Å². The molecule has 0 radical (unpaired) electrons. The van der Waals surface area contributed by atoms with Crippen LogP contribution >= 0.6 is 0 Å². The Kier molecular flexibility index (Phi) is 28.6. The number of fused-ring (bicyclic) bond motifs is 2. The van der Waals surface area contributed by atoms with Gasteiger partial charge >= 0.3 is 0 Å². The SMILES string of the molecule is CC(=O)N[C@@H](Cc1ccccc1)C(=O)N[C@@H](CCC(=O)NC(c1ccccc1)(c1ccccc1)c1ccccc1)C(=O)N[C@@H](Cc1ccc(O)cc1)C(=O)N[C@H]1C[C@@H]2C(=O)N3C[C@@H](NC(=O)[C@H](Cc4ccc(O)cc4)NC(=O)[C@H](CCC(=O)NC(c4ccccc4)(c4ccccc4)c4ccccc4)NC(=O)[C@H](Cc4ccccc4)NC(C)=O)C[C@@H]3C(=O)N2C1. The third-order valence-corrected chi connectivity index (χ3v) is 22.9. The van der Waals surface area contributed by atoms with Crippen molar-refractivity contribution in [3.8, 4) is 11.5 Å². The summed E-state index contributed by atoms with van der Waals surface area (Å²) >= 11 is 0. The van der Waals surface area contributed by atoms with Gasteiger partial charge < -0.3 is 73.2 Å². The normalized spacial score (nSPS) is 16.8. The molecular weight excluding hydrogens is 1570 g/mol. The fraction of sp³-hybridized carbons (Fsp3) is 0.265. The number of nitrogens with zero attached hydrogens (tertiary/aromatic N) is 2. The number of piperazine rings is 1. The zero-order chi connectivity index (χ0) is 87.3. The molecule has 636 valence electrons. The number of benzene rings is 10. The van der Waals surface area contributed by atoms with E-state index < -0.39 is 142 Å². The van der Waals surface area contributed by atoms with E-state index in [9.17, 15) is 48.6 Å². The Labute approximate surface area is 718 Å². The van der Waals surface area contributed by atoms with Crippen molar-refractivity contribution in [1.82, 2.24) is 63.0 Å². The Hall–Kier alpha value is -14.6. The van der Waals surface area contributed by atoms with Crippen LogP contribution in [0.1, 0.15) is 108 Å². The molecule has 3 heterocycles. The van der Waals surface area contributed by atoms with Crippen molar-refractivity contribution in [3.05, 3.63) is 347 Å². The van der Waals surface area contributed by atoms with Crippen molar-refractivity contribution in [2.45, 2.75) is 150 Å². The highest BCUT2D eigenvalue weighted by Gasteiger charge is 2.55. The number of nitrogens with one attached hydrogen (secondary N) is 10. The van der Waals surface area contributed by atoms with Crippen LogP contribution in [0, 0.1) is 0 Å². The van der Waals surface area contributed by atoms with Crippen molar-refractivity contribution in [2.75, 3.05) is 13.1 Å². The monoisotopic (exact) mass is 1670 g/mol. The van der Waals surface area contributed by atoms with E-state index in [1.54, 1.807) is 84.9 Å². The van der Waals surface area contributed by atoms with Crippen LogP contribution in [-0.4, -0.2) is 164 Å². The summed E-state index contributed by atoms with van der Waals surface area (Å²) in [4.78, 5) is 178. The zero-order valence-corrected chi connectivity index (χ0v) is 68.7. The lowest BCUT2D eigenvalue weighted by molar-refractivity contribution is -0.156. The molecule has 26 nitrogen and oxygen atoms in total. The molecule has 3 saturated heterocycles. The molecule has 0 aliphatic carbocycles. The highest BCUT2D eigenvalue weighted by molar-refractivity contribution is 6.00. The molecule has 26 heteroatoms. The van der Waals surface area contributed by atoms with Gasteiger partial charge in [-0.2, -0.15) is 0 Å². The minimum absolute atomic E-state index is 0.0219. The molecule has 12 N–H and O–H groups in total. The minimum Gasteiger partial charge on any atom is -0.508 e. The number of carbonyl (C=O) groups is 12. The highest BCUT2D eigenvalue weighted by atomic mass is 16.3. The first-order valence-electron chi connectivity index (χ1n) is 41.6. The van der Waals surface area contributed by atoms with E-state index in [2.05, 4.69) is 53.2 Å². The van der Waals surface area contributed by atoms with Gasteiger partial charge in [0.2, 0.25) is 70.9 Å². The third-order valence-electron chi connectivity index (χ3n) is 22.9. The Morgan fingerprint density at radius 3 is 0.815 bits per heavy atom. The molecule has 12 amide bonds. The molecule has 124 heavy (non-hydrogen) atoms. The fourth-order valence-corrected chi connectivity index (χ4v) is 16.9. The predicted molar refractivity (Wildman–Crippen MR) is 464 cm³/mol. The van der Waals surface area contributed by atoms with Crippen LogP contribution in [0.2, 0.25) is 0 Å². The summed E-state index contributed by atoms with van der Waals surface area (Å²) in [6.45, 7) is 2.21. The maximum Gasteiger partial charge on any atom is 0.246 e. The number of aromatic hydroxyl groups is 2. The van der Waals surface area contributed by atoms with E-state index in [1.165, 1.54) is 47.9 Å². The minimum atomic E-state index is -1.53. The summed E-state index contributed by atoms with van der Waals surface area (Å²) in [5.41, 5.74) is 4.23. The summed E-state index contributed by atoms with van der Waals surface area (Å²) in [5.74, 6) is -7.93. The number of carbonyl (C=O) groups excluding carboxylic acids is 12. The first-order valence-corrected chi connectivity index (χ1v) is 41.6. The molecule has 3 fully saturated rings. The number of phenols is 2. The van der Waals surface area contributed by atoms with Gasteiger partial charge in [-0.3, -0.25) is 57.5 Å². The average molecular weight is 1670 g/mol. The maximum atomic E-state index is 15.3. The second-order valence-electron chi connectivity index (χ2n) is 31.6. The molecule has 0 spiro atoms. The number of phenolic OH excluding ortho intramolecular Hbond substituents is 2. The summed E-state index contributed by atoms with van der Waals surface area (Å²) in [7, 11) is 0. The zero-order valence-electron chi connectivity index (χ0n) is 68.7. The highest BCUT2D eigenvalue weighted by Crippen LogP contribution is 2.40. The molecule has 3 aliphatic rings.